The number of aromatic hydroxyl groups is 1. The Morgan fingerprint density at radius 2 is 1.74 bits per heavy atom. The van der Waals surface area contributed by atoms with Crippen molar-refractivity contribution in [2.24, 2.45) is 0 Å². The van der Waals surface area contributed by atoms with Crippen LogP contribution < -0.4 is 0 Å². The van der Waals surface area contributed by atoms with Crippen LogP contribution in [-0.2, 0) is 10.2 Å². The molecule has 5 nitrogen and oxygen atoms in total. The molecule has 0 spiro atoms. The molecule has 35 heavy (non-hydrogen) atoms. The van der Waals surface area contributed by atoms with Crippen molar-refractivity contribution in [1.29, 1.82) is 0 Å². The van der Waals surface area contributed by atoms with Gasteiger partial charge in [0.2, 0.25) is 0 Å². The number of fused-ring (bicyclic) bond motifs is 1. The van der Waals surface area contributed by atoms with Crippen LogP contribution in [0.4, 0.5) is 13.2 Å². The van der Waals surface area contributed by atoms with Gasteiger partial charge in [-0.25, -0.2) is 18.0 Å². The number of carboxylic acids is 1. The van der Waals surface area contributed by atoms with Crippen LogP contribution in [-0.4, -0.2) is 34.5 Å². The molecule has 8 heteroatoms. The minimum atomic E-state index is -1.08. The predicted molar refractivity (Wildman–Crippen MR) is 125 cm³/mol. The highest BCUT2D eigenvalue weighted by atomic mass is 19.2. The summed E-state index contributed by atoms with van der Waals surface area (Å²) >= 11 is 0. The number of hydrogen-bond acceptors (Lipinski definition) is 3. The monoisotopic (exact) mass is 481 g/mol. The standard InChI is InChI=1S/C27H22F3NO4/c1-35-14-27(9-2-10-27)25-23(15-3-5-16(6-4-15)26(33)34)24-21(11-17(28)12-22(24)32)31(25)18-7-8-19(29)20(30)13-18/h3-8,11-13,32H,2,9-10,14H2,1H3,(H,33,34). The Hall–Kier alpha value is -3.78. The number of rotatable bonds is 6. The minimum absolute atomic E-state index is 0.0881. The number of phenolic OH excluding ortho intramolecular Hbond substituents is 1. The van der Waals surface area contributed by atoms with Crippen molar-refractivity contribution >= 4 is 16.9 Å². The highest BCUT2D eigenvalue weighted by molar-refractivity contribution is 6.04. The third-order valence-electron chi connectivity index (χ3n) is 6.83. The number of aromatic carboxylic acids is 1. The Morgan fingerprint density at radius 3 is 2.31 bits per heavy atom. The van der Waals surface area contributed by atoms with Gasteiger partial charge in [-0.3, -0.25) is 0 Å². The zero-order valence-electron chi connectivity index (χ0n) is 18.8. The summed E-state index contributed by atoms with van der Waals surface area (Å²) in [5.41, 5.74) is 1.92. The highest BCUT2D eigenvalue weighted by Gasteiger charge is 2.44. The molecule has 0 amide bonds. The van der Waals surface area contributed by atoms with E-state index in [1.807, 2.05) is 0 Å². The second-order valence-corrected chi connectivity index (χ2v) is 8.93. The van der Waals surface area contributed by atoms with Gasteiger partial charge in [-0.15, -0.1) is 0 Å². The van der Waals surface area contributed by atoms with Gasteiger partial charge in [-0.1, -0.05) is 18.6 Å². The fraction of sp³-hybridized carbons (Fsp3) is 0.222. The molecule has 0 saturated heterocycles. The summed E-state index contributed by atoms with van der Waals surface area (Å²) in [7, 11) is 1.57. The highest BCUT2D eigenvalue weighted by Crippen LogP contribution is 2.53. The molecule has 0 atom stereocenters. The number of methoxy groups -OCH3 is 1. The molecule has 0 aliphatic heterocycles. The smallest absolute Gasteiger partial charge is 0.335 e. The zero-order chi connectivity index (χ0) is 24.9. The van der Waals surface area contributed by atoms with Crippen LogP contribution in [0.5, 0.6) is 5.75 Å². The molecule has 1 fully saturated rings. The molecule has 1 heterocycles. The van der Waals surface area contributed by atoms with Crippen molar-refractivity contribution in [2.45, 2.75) is 24.7 Å². The van der Waals surface area contributed by atoms with E-state index in [1.54, 1.807) is 23.8 Å². The number of aromatic nitrogens is 1. The lowest BCUT2D eigenvalue weighted by Gasteiger charge is -2.43. The minimum Gasteiger partial charge on any atom is -0.507 e. The lowest BCUT2D eigenvalue weighted by molar-refractivity contribution is 0.0697. The summed E-state index contributed by atoms with van der Waals surface area (Å²) < 4.78 is 49.9. The largest absolute Gasteiger partial charge is 0.507 e. The van der Waals surface area contributed by atoms with Gasteiger partial charge in [-0.05, 0) is 48.7 Å². The zero-order valence-corrected chi connectivity index (χ0v) is 18.8. The summed E-state index contributed by atoms with van der Waals surface area (Å²) in [5, 5.41) is 20.6. The summed E-state index contributed by atoms with van der Waals surface area (Å²) in [5.74, 6) is -4.16. The van der Waals surface area contributed by atoms with Gasteiger partial charge in [0, 0.05) is 41.6 Å². The first kappa shape index (κ1) is 23.0. The van der Waals surface area contributed by atoms with Crippen molar-refractivity contribution in [1.82, 2.24) is 4.57 Å². The lowest BCUT2D eigenvalue weighted by atomic mass is 9.65. The van der Waals surface area contributed by atoms with Gasteiger partial charge in [-0.2, -0.15) is 0 Å². The number of benzene rings is 3. The molecule has 1 saturated carbocycles. The molecular formula is C27H22F3NO4. The first-order valence-corrected chi connectivity index (χ1v) is 11.1. The third-order valence-corrected chi connectivity index (χ3v) is 6.83. The maximum absolute atomic E-state index is 14.6. The number of phenols is 1. The van der Waals surface area contributed by atoms with Crippen LogP contribution in [0.25, 0.3) is 27.7 Å². The fourth-order valence-electron chi connectivity index (χ4n) is 5.15. The number of ether oxygens (including phenoxy) is 1. The molecule has 1 aliphatic carbocycles. The maximum Gasteiger partial charge on any atom is 0.335 e. The van der Waals surface area contributed by atoms with E-state index < -0.39 is 28.8 Å². The van der Waals surface area contributed by atoms with Crippen molar-refractivity contribution < 1.29 is 32.9 Å². The van der Waals surface area contributed by atoms with E-state index in [9.17, 15) is 28.2 Å². The Balaban J connectivity index is 1.94. The molecule has 4 aromatic rings. The summed E-state index contributed by atoms with van der Waals surface area (Å²) in [6.45, 7) is 0.316. The summed E-state index contributed by atoms with van der Waals surface area (Å²) in [4.78, 5) is 11.4. The van der Waals surface area contributed by atoms with Crippen molar-refractivity contribution in [3.05, 3.63) is 83.3 Å². The van der Waals surface area contributed by atoms with Crippen LogP contribution in [0.15, 0.2) is 54.6 Å². The first-order valence-electron chi connectivity index (χ1n) is 11.1. The van der Waals surface area contributed by atoms with Crippen LogP contribution in [0, 0.1) is 17.5 Å². The molecule has 0 unspecified atom stereocenters. The SMILES string of the molecule is COCC1(c2c(-c3ccc(C(=O)O)cc3)c3c(O)cc(F)cc3n2-c2ccc(F)c(F)c2)CCC1. The van der Waals surface area contributed by atoms with Crippen molar-refractivity contribution in [2.75, 3.05) is 13.7 Å². The Kier molecular flexibility index (Phi) is 5.56. The summed E-state index contributed by atoms with van der Waals surface area (Å²) in [6, 6.07) is 11.8. The van der Waals surface area contributed by atoms with Gasteiger partial charge in [0.05, 0.1) is 23.1 Å². The molecule has 5 rings (SSSR count). The molecular weight excluding hydrogens is 459 g/mol. The average Bonchev–Trinajstić information content (AvgIpc) is 3.13. The van der Waals surface area contributed by atoms with E-state index >= 15 is 0 Å². The Morgan fingerprint density at radius 1 is 1.03 bits per heavy atom. The second-order valence-electron chi connectivity index (χ2n) is 8.93. The molecule has 0 bridgehead atoms. The predicted octanol–water partition coefficient (Wildman–Crippen LogP) is 6.19. The number of hydrogen-bond donors (Lipinski definition) is 2. The van der Waals surface area contributed by atoms with Gasteiger partial charge in [0.1, 0.15) is 11.6 Å². The van der Waals surface area contributed by atoms with E-state index in [0.29, 0.717) is 28.8 Å². The molecule has 1 aromatic heterocycles. The Bertz CT molecular complexity index is 1460. The van der Waals surface area contributed by atoms with Crippen molar-refractivity contribution in [3.8, 4) is 22.6 Å². The fourth-order valence-corrected chi connectivity index (χ4v) is 5.15. The van der Waals surface area contributed by atoms with E-state index in [2.05, 4.69) is 0 Å². The molecule has 1 aliphatic rings. The second kappa shape index (κ2) is 8.46. The van der Waals surface area contributed by atoms with Gasteiger partial charge < -0.3 is 19.5 Å². The first-order chi connectivity index (χ1) is 16.8. The van der Waals surface area contributed by atoms with Gasteiger partial charge in [0.25, 0.3) is 0 Å². The van der Waals surface area contributed by atoms with E-state index in [0.717, 1.165) is 37.5 Å². The van der Waals surface area contributed by atoms with E-state index in [1.165, 1.54) is 24.3 Å². The summed E-state index contributed by atoms with van der Waals surface area (Å²) in [6.07, 6.45) is 2.36. The normalized spacial score (nSPS) is 14.7. The van der Waals surface area contributed by atoms with E-state index in [4.69, 9.17) is 4.74 Å². The number of carboxylic acid groups (broad SMARTS) is 1. The topological polar surface area (TPSA) is 71.7 Å². The molecule has 180 valence electrons. The van der Waals surface area contributed by atoms with Crippen LogP contribution in [0.1, 0.15) is 35.3 Å². The Labute approximate surface area is 199 Å². The number of halogens is 3. The quantitative estimate of drug-likeness (QED) is 0.345. The molecule has 0 radical (unpaired) electrons. The number of nitrogens with zero attached hydrogens (tertiary/aromatic N) is 1. The van der Waals surface area contributed by atoms with Gasteiger partial charge >= 0.3 is 5.97 Å². The molecule has 2 N–H and O–H groups in total. The van der Waals surface area contributed by atoms with Crippen molar-refractivity contribution in [3.63, 3.8) is 0 Å². The maximum atomic E-state index is 14.6. The van der Waals surface area contributed by atoms with E-state index in [-0.39, 0.29) is 22.5 Å². The van der Waals surface area contributed by atoms with Crippen LogP contribution >= 0.6 is 0 Å². The van der Waals surface area contributed by atoms with Crippen LogP contribution in [0.2, 0.25) is 0 Å². The van der Waals surface area contributed by atoms with Gasteiger partial charge in [0.15, 0.2) is 11.6 Å². The number of carbonyl (C=O) groups is 1. The lowest BCUT2D eigenvalue weighted by Crippen LogP contribution is -2.41. The average molecular weight is 481 g/mol. The van der Waals surface area contributed by atoms with Crippen LogP contribution in [0.3, 0.4) is 0 Å². The third kappa shape index (κ3) is 3.65. The molecule has 3 aromatic carbocycles.